The quantitative estimate of drug-likeness (QED) is 0.943. The van der Waals surface area contributed by atoms with Crippen LogP contribution in [0.15, 0.2) is 30.3 Å². The van der Waals surface area contributed by atoms with E-state index in [2.05, 4.69) is 36.2 Å². The molecule has 1 aliphatic rings. The monoisotopic (exact) mass is 311 g/mol. The fourth-order valence-corrected chi connectivity index (χ4v) is 2.94. The molecule has 3 rings (SSSR count). The first-order chi connectivity index (χ1) is 11.0. The molecule has 1 unspecified atom stereocenters. The Balaban J connectivity index is 1.79. The van der Waals surface area contributed by atoms with Gasteiger partial charge in [0.05, 0.1) is 11.6 Å². The first-order valence-electron chi connectivity index (χ1n) is 7.93. The van der Waals surface area contributed by atoms with Crippen molar-refractivity contribution in [1.29, 1.82) is 0 Å². The number of nitrogens with zero attached hydrogens (tertiary/aromatic N) is 3. The van der Waals surface area contributed by atoms with Crippen molar-refractivity contribution >= 4 is 11.8 Å². The van der Waals surface area contributed by atoms with Crippen LogP contribution in [-0.2, 0) is 4.79 Å². The first kappa shape index (κ1) is 15.5. The van der Waals surface area contributed by atoms with Crippen molar-refractivity contribution in [3.63, 3.8) is 0 Å². The molecule has 0 bridgehead atoms. The van der Waals surface area contributed by atoms with Crippen LogP contribution in [0.3, 0.4) is 0 Å². The molecule has 1 aromatic carbocycles. The van der Waals surface area contributed by atoms with Crippen LogP contribution in [0.25, 0.3) is 11.3 Å². The molecule has 1 aliphatic heterocycles. The molecular formula is C18H21N3O2. The van der Waals surface area contributed by atoms with Crippen molar-refractivity contribution in [2.75, 3.05) is 18.0 Å². The highest BCUT2D eigenvalue weighted by Crippen LogP contribution is 2.24. The van der Waals surface area contributed by atoms with Crippen LogP contribution < -0.4 is 4.90 Å². The number of aryl methyl sites for hydroxylation is 2. The van der Waals surface area contributed by atoms with Crippen molar-refractivity contribution < 1.29 is 9.90 Å². The summed E-state index contributed by atoms with van der Waals surface area (Å²) in [5.74, 6) is -0.289. The number of carbonyl (C=O) groups is 1. The summed E-state index contributed by atoms with van der Waals surface area (Å²) in [4.78, 5) is 13.2. The van der Waals surface area contributed by atoms with Gasteiger partial charge in [-0.2, -0.15) is 0 Å². The van der Waals surface area contributed by atoms with Gasteiger partial charge in [0.15, 0.2) is 5.82 Å². The molecule has 1 saturated heterocycles. The van der Waals surface area contributed by atoms with Crippen LogP contribution >= 0.6 is 0 Å². The molecule has 2 aromatic rings. The zero-order valence-electron chi connectivity index (χ0n) is 13.5. The molecule has 1 atom stereocenters. The largest absolute Gasteiger partial charge is 0.481 e. The Morgan fingerprint density at radius 3 is 2.65 bits per heavy atom. The van der Waals surface area contributed by atoms with Crippen molar-refractivity contribution in [3.05, 3.63) is 41.5 Å². The first-order valence-corrected chi connectivity index (χ1v) is 7.93. The maximum atomic E-state index is 11.2. The Morgan fingerprint density at radius 2 is 2.00 bits per heavy atom. The van der Waals surface area contributed by atoms with E-state index in [1.165, 1.54) is 11.1 Å². The van der Waals surface area contributed by atoms with Crippen molar-refractivity contribution in [2.45, 2.75) is 26.7 Å². The van der Waals surface area contributed by atoms with E-state index in [9.17, 15) is 9.90 Å². The summed E-state index contributed by atoms with van der Waals surface area (Å²) in [5.41, 5.74) is 4.37. The molecule has 0 radical (unpaired) electrons. The lowest BCUT2D eigenvalue weighted by Crippen LogP contribution is -2.39. The summed E-state index contributed by atoms with van der Waals surface area (Å²) >= 11 is 0. The van der Waals surface area contributed by atoms with Crippen LogP contribution in [0.2, 0.25) is 0 Å². The van der Waals surface area contributed by atoms with E-state index in [0.717, 1.165) is 36.5 Å². The fourth-order valence-electron chi connectivity index (χ4n) is 2.94. The molecule has 1 N–H and O–H groups in total. The molecule has 120 valence electrons. The van der Waals surface area contributed by atoms with E-state index in [0.29, 0.717) is 6.54 Å². The van der Waals surface area contributed by atoms with Gasteiger partial charge in [0, 0.05) is 18.7 Å². The molecule has 23 heavy (non-hydrogen) atoms. The Labute approximate surface area is 136 Å². The number of benzene rings is 1. The van der Waals surface area contributed by atoms with Gasteiger partial charge in [0.25, 0.3) is 0 Å². The van der Waals surface area contributed by atoms with Crippen LogP contribution in [0.4, 0.5) is 5.82 Å². The minimum absolute atomic E-state index is 0.315. The maximum Gasteiger partial charge on any atom is 0.308 e. The highest BCUT2D eigenvalue weighted by atomic mass is 16.4. The molecule has 0 aliphatic carbocycles. The predicted octanol–water partition coefficient (Wildman–Crippen LogP) is 3.06. The SMILES string of the molecule is Cc1ccc(-c2ccc(N3CCCC(C(=O)O)C3)nn2)cc1C. The summed E-state index contributed by atoms with van der Waals surface area (Å²) in [6.45, 7) is 5.51. The Kier molecular flexibility index (Phi) is 4.28. The summed E-state index contributed by atoms with van der Waals surface area (Å²) in [5, 5.41) is 17.8. The molecule has 0 amide bonds. The molecule has 5 nitrogen and oxygen atoms in total. The van der Waals surface area contributed by atoms with Crippen molar-refractivity contribution in [2.24, 2.45) is 5.92 Å². The van der Waals surface area contributed by atoms with Gasteiger partial charge in [0.1, 0.15) is 0 Å². The van der Waals surface area contributed by atoms with Gasteiger partial charge >= 0.3 is 5.97 Å². The number of hydrogen-bond acceptors (Lipinski definition) is 4. The number of piperidine rings is 1. The second-order valence-corrected chi connectivity index (χ2v) is 6.20. The van der Waals surface area contributed by atoms with E-state index in [1.807, 2.05) is 23.1 Å². The minimum atomic E-state index is -0.727. The molecule has 1 fully saturated rings. The molecule has 5 heteroatoms. The highest BCUT2D eigenvalue weighted by molar-refractivity contribution is 5.71. The van der Waals surface area contributed by atoms with Gasteiger partial charge in [-0.1, -0.05) is 12.1 Å². The number of aliphatic carboxylic acids is 1. The summed E-state index contributed by atoms with van der Waals surface area (Å²) < 4.78 is 0. The van der Waals surface area contributed by atoms with Crippen LogP contribution in [-0.4, -0.2) is 34.4 Å². The number of carboxylic acids is 1. The van der Waals surface area contributed by atoms with Crippen molar-refractivity contribution in [3.8, 4) is 11.3 Å². The average Bonchev–Trinajstić information content (AvgIpc) is 2.57. The minimum Gasteiger partial charge on any atom is -0.481 e. The van der Waals surface area contributed by atoms with Crippen LogP contribution in [0.1, 0.15) is 24.0 Å². The Hall–Kier alpha value is -2.43. The van der Waals surface area contributed by atoms with Crippen LogP contribution in [0, 0.1) is 19.8 Å². The average molecular weight is 311 g/mol. The third-order valence-corrected chi connectivity index (χ3v) is 4.55. The molecule has 2 heterocycles. The fraction of sp³-hybridized carbons (Fsp3) is 0.389. The maximum absolute atomic E-state index is 11.2. The number of aromatic nitrogens is 2. The summed E-state index contributed by atoms with van der Waals surface area (Å²) in [6.07, 6.45) is 1.61. The third-order valence-electron chi connectivity index (χ3n) is 4.55. The van der Waals surface area contributed by atoms with Crippen LogP contribution in [0.5, 0.6) is 0 Å². The van der Waals surface area contributed by atoms with Gasteiger partial charge < -0.3 is 10.0 Å². The van der Waals surface area contributed by atoms with E-state index in [-0.39, 0.29) is 5.92 Å². The molecule has 0 saturated carbocycles. The van der Waals surface area contributed by atoms with E-state index in [4.69, 9.17) is 0 Å². The lowest BCUT2D eigenvalue weighted by Gasteiger charge is -2.31. The smallest absolute Gasteiger partial charge is 0.308 e. The molecule has 0 spiro atoms. The summed E-state index contributed by atoms with van der Waals surface area (Å²) in [6, 6.07) is 10.1. The number of hydrogen-bond donors (Lipinski definition) is 1. The Bertz CT molecular complexity index is 713. The lowest BCUT2D eigenvalue weighted by atomic mass is 9.98. The summed E-state index contributed by atoms with van der Waals surface area (Å²) in [7, 11) is 0. The standard InChI is InChI=1S/C18H21N3O2/c1-12-5-6-14(10-13(12)2)16-7-8-17(20-19-16)21-9-3-4-15(11-21)18(22)23/h5-8,10,15H,3-4,9,11H2,1-2H3,(H,22,23). The second-order valence-electron chi connectivity index (χ2n) is 6.20. The number of rotatable bonds is 3. The number of anilines is 1. The van der Waals surface area contributed by atoms with Gasteiger partial charge in [-0.05, 0) is 56.0 Å². The van der Waals surface area contributed by atoms with Gasteiger partial charge in [-0.15, -0.1) is 10.2 Å². The second kappa shape index (κ2) is 6.36. The Morgan fingerprint density at radius 1 is 1.17 bits per heavy atom. The zero-order valence-corrected chi connectivity index (χ0v) is 13.5. The topological polar surface area (TPSA) is 66.3 Å². The van der Waals surface area contributed by atoms with Crippen molar-refractivity contribution in [1.82, 2.24) is 10.2 Å². The highest BCUT2D eigenvalue weighted by Gasteiger charge is 2.26. The van der Waals surface area contributed by atoms with E-state index >= 15 is 0 Å². The van der Waals surface area contributed by atoms with E-state index < -0.39 is 5.97 Å². The predicted molar refractivity (Wildman–Crippen MR) is 89.5 cm³/mol. The van der Waals surface area contributed by atoms with E-state index in [1.54, 1.807) is 0 Å². The number of carboxylic acid groups (broad SMARTS) is 1. The normalized spacial score (nSPS) is 18.0. The third kappa shape index (κ3) is 3.33. The zero-order chi connectivity index (χ0) is 16.4. The molecular weight excluding hydrogens is 290 g/mol. The van der Waals surface area contributed by atoms with Gasteiger partial charge in [0.2, 0.25) is 0 Å². The molecule has 1 aromatic heterocycles. The van der Waals surface area contributed by atoms with Gasteiger partial charge in [-0.25, -0.2) is 0 Å². The van der Waals surface area contributed by atoms with Gasteiger partial charge in [-0.3, -0.25) is 4.79 Å². The lowest BCUT2D eigenvalue weighted by molar-refractivity contribution is -0.141.